The number of aromatic amines is 1. The van der Waals surface area contributed by atoms with E-state index in [0.717, 1.165) is 22.0 Å². The highest BCUT2D eigenvalue weighted by atomic mass is 19.2. The number of likely N-dealkylation sites (N-methyl/N-ethyl adjacent to an activating group) is 1. The Balaban J connectivity index is 1.30. The number of nitrogens with zero attached hydrogens (tertiary/aromatic N) is 2. The van der Waals surface area contributed by atoms with E-state index in [1.165, 1.54) is 0 Å². The van der Waals surface area contributed by atoms with Gasteiger partial charge in [-0.15, -0.1) is 0 Å². The Morgan fingerprint density at radius 1 is 1.16 bits per heavy atom. The number of nitrogens with one attached hydrogen (secondary N) is 1. The standard InChI is InChI=1S/C28H36F2N4O3/c1-24-8-9-25(29)14-27(30)22(36)21(35)19(34(2)3)13-26(27)10-11-28(25,37-26)20(24)7-5-17(24)15-4-6-18-16(12-15)23(31)33-32-18/h4-6,12,19-22,35-36H,7-11,13-14H2,1-3H3,(H3,31,32,33)/t19-,20?,21+,22-,24+,25?,26+,27?,28-/m0/s1. The Labute approximate surface area is 215 Å². The van der Waals surface area contributed by atoms with Crippen molar-refractivity contribution in [3.8, 4) is 0 Å². The normalized spacial score (nSPS) is 48.6. The number of benzene rings is 1. The van der Waals surface area contributed by atoms with E-state index in [1.807, 2.05) is 31.1 Å². The topological polar surface area (TPSA) is 108 Å². The van der Waals surface area contributed by atoms with Crippen molar-refractivity contribution in [2.45, 2.75) is 92.7 Å². The lowest BCUT2D eigenvalue weighted by molar-refractivity contribution is -0.347. The molecule has 2 bridgehead atoms. The molecule has 0 radical (unpaired) electrons. The van der Waals surface area contributed by atoms with Gasteiger partial charge in [-0.25, -0.2) is 8.78 Å². The van der Waals surface area contributed by atoms with Crippen LogP contribution in [-0.4, -0.2) is 80.2 Å². The first kappa shape index (κ1) is 24.0. The maximum Gasteiger partial charge on any atom is 0.171 e. The largest absolute Gasteiger partial charge is 0.389 e. The molecule has 200 valence electrons. The van der Waals surface area contributed by atoms with Crippen molar-refractivity contribution >= 4 is 22.3 Å². The monoisotopic (exact) mass is 514 g/mol. The third-order valence-corrected chi connectivity index (χ3v) is 11.2. The molecule has 9 atom stereocenters. The van der Waals surface area contributed by atoms with E-state index in [1.54, 1.807) is 0 Å². The van der Waals surface area contributed by atoms with Crippen molar-refractivity contribution in [2.75, 3.05) is 19.8 Å². The van der Waals surface area contributed by atoms with Gasteiger partial charge in [0.25, 0.3) is 0 Å². The summed E-state index contributed by atoms with van der Waals surface area (Å²) in [5.41, 5.74) is 2.09. The predicted octanol–water partition coefficient (Wildman–Crippen LogP) is 3.51. The number of hydrogen-bond donors (Lipinski definition) is 4. The zero-order valence-electron chi connectivity index (χ0n) is 21.6. The van der Waals surface area contributed by atoms with Crippen LogP contribution in [0.3, 0.4) is 0 Å². The summed E-state index contributed by atoms with van der Waals surface area (Å²) < 4.78 is 40.9. The van der Waals surface area contributed by atoms with Crippen molar-refractivity contribution in [1.82, 2.24) is 15.1 Å². The summed E-state index contributed by atoms with van der Waals surface area (Å²) in [5, 5.41) is 29.8. The number of ether oxygens (including phenoxy) is 1. The van der Waals surface area contributed by atoms with Crippen molar-refractivity contribution < 1.29 is 23.7 Å². The van der Waals surface area contributed by atoms with Crippen LogP contribution in [-0.2, 0) is 4.74 Å². The number of halogens is 2. The van der Waals surface area contributed by atoms with E-state index < -0.39 is 47.2 Å². The number of H-pyrrole nitrogens is 1. The molecule has 3 aliphatic carbocycles. The van der Waals surface area contributed by atoms with Gasteiger partial charge in [-0.1, -0.05) is 19.1 Å². The van der Waals surface area contributed by atoms with E-state index in [-0.39, 0.29) is 24.2 Å². The Kier molecular flexibility index (Phi) is 4.61. The number of rotatable bonds is 2. The van der Waals surface area contributed by atoms with Gasteiger partial charge in [0.1, 0.15) is 23.0 Å². The second-order valence-corrected chi connectivity index (χ2v) is 12.9. The summed E-state index contributed by atoms with van der Waals surface area (Å²) >= 11 is 0. The van der Waals surface area contributed by atoms with Gasteiger partial charge < -0.3 is 25.6 Å². The molecule has 2 saturated carbocycles. The van der Waals surface area contributed by atoms with Gasteiger partial charge in [-0.2, -0.15) is 5.10 Å². The highest BCUT2D eigenvalue weighted by Crippen LogP contribution is 2.74. The van der Waals surface area contributed by atoms with Gasteiger partial charge >= 0.3 is 0 Å². The van der Waals surface area contributed by atoms with E-state index in [2.05, 4.69) is 29.3 Å². The number of alkyl halides is 2. The smallest absolute Gasteiger partial charge is 0.171 e. The second kappa shape index (κ2) is 7.11. The number of fused-ring (bicyclic) bond motifs is 2. The van der Waals surface area contributed by atoms with Crippen LogP contribution < -0.4 is 5.73 Å². The minimum Gasteiger partial charge on any atom is -0.389 e. The molecule has 4 fully saturated rings. The minimum atomic E-state index is -2.33. The summed E-state index contributed by atoms with van der Waals surface area (Å²) in [6.45, 7) is 2.20. The van der Waals surface area contributed by atoms with Crippen LogP contribution in [0.5, 0.6) is 0 Å². The maximum absolute atomic E-state index is 17.2. The lowest BCUT2D eigenvalue weighted by Crippen LogP contribution is -2.78. The highest BCUT2D eigenvalue weighted by Gasteiger charge is 2.82. The van der Waals surface area contributed by atoms with Crippen molar-refractivity contribution in [3.05, 3.63) is 29.8 Å². The Morgan fingerprint density at radius 2 is 1.95 bits per heavy atom. The van der Waals surface area contributed by atoms with Crippen molar-refractivity contribution in [3.63, 3.8) is 0 Å². The predicted molar refractivity (Wildman–Crippen MR) is 136 cm³/mol. The third kappa shape index (κ3) is 2.67. The quantitative estimate of drug-likeness (QED) is 0.489. The number of anilines is 1. The number of aliphatic hydroxyl groups is 2. The van der Waals surface area contributed by atoms with Crippen LogP contribution in [0.1, 0.15) is 57.4 Å². The van der Waals surface area contributed by atoms with Gasteiger partial charge in [0.2, 0.25) is 0 Å². The van der Waals surface area contributed by atoms with Crippen LogP contribution in [0.25, 0.3) is 16.5 Å². The van der Waals surface area contributed by atoms with E-state index in [4.69, 9.17) is 10.5 Å². The fourth-order valence-corrected chi connectivity index (χ4v) is 9.18. The first-order valence-electron chi connectivity index (χ1n) is 13.5. The zero-order chi connectivity index (χ0) is 26.2. The Morgan fingerprint density at radius 3 is 2.70 bits per heavy atom. The molecule has 2 aromatic rings. The maximum atomic E-state index is 17.2. The number of nitrogen functional groups attached to an aromatic ring is 1. The van der Waals surface area contributed by atoms with E-state index in [0.29, 0.717) is 31.5 Å². The molecule has 0 amide bonds. The average Bonchev–Trinajstić information content (AvgIpc) is 3.52. The molecule has 2 aliphatic heterocycles. The molecule has 2 saturated heterocycles. The summed E-state index contributed by atoms with van der Waals surface area (Å²) in [6.07, 6.45) is 1.09. The molecule has 2 spiro atoms. The number of nitrogens with two attached hydrogens (primary N) is 1. The lowest BCUT2D eigenvalue weighted by atomic mass is 9.51. The average molecular weight is 515 g/mol. The fourth-order valence-electron chi connectivity index (χ4n) is 9.18. The van der Waals surface area contributed by atoms with Crippen molar-refractivity contribution in [2.24, 2.45) is 11.3 Å². The summed E-state index contributed by atoms with van der Waals surface area (Å²) in [7, 11) is 3.62. The van der Waals surface area contributed by atoms with Gasteiger partial charge in [-0.3, -0.25) is 5.10 Å². The Hall–Kier alpha value is -2.07. The molecule has 7 nitrogen and oxygen atoms in total. The number of aromatic nitrogens is 2. The number of aliphatic hydroxyl groups excluding tert-OH is 2. The summed E-state index contributed by atoms with van der Waals surface area (Å²) in [5.74, 6) is 0.292. The molecule has 1 aromatic carbocycles. The number of hydrogen-bond acceptors (Lipinski definition) is 6. The highest BCUT2D eigenvalue weighted by molar-refractivity contribution is 5.92. The molecule has 1 aromatic heterocycles. The Bertz CT molecular complexity index is 1330. The van der Waals surface area contributed by atoms with Crippen LogP contribution in [0, 0.1) is 11.3 Å². The molecule has 3 heterocycles. The van der Waals surface area contributed by atoms with Crippen LogP contribution in [0.15, 0.2) is 24.3 Å². The molecular formula is C28H36F2N4O3. The molecule has 7 rings (SSSR count). The summed E-state index contributed by atoms with van der Waals surface area (Å²) in [4.78, 5) is 1.81. The van der Waals surface area contributed by atoms with Crippen molar-refractivity contribution in [1.29, 1.82) is 0 Å². The van der Waals surface area contributed by atoms with Crippen LogP contribution in [0.2, 0.25) is 0 Å². The lowest BCUT2D eigenvalue weighted by Gasteiger charge is -2.65. The van der Waals surface area contributed by atoms with Crippen LogP contribution in [0.4, 0.5) is 14.6 Å². The first-order chi connectivity index (χ1) is 17.4. The molecule has 37 heavy (non-hydrogen) atoms. The van der Waals surface area contributed by atoms with Gasteiger partial charge in [-0.05, 0) is 81.3 Å². The molecular weight excluding hydrogens is 478 g/mol. The van der Waals surface area contributed by atoms with Gasteiger partial charge in [0.15, 0.2) is 11.5 Å². The number of allylic oxidation sites excluding steroid dienone is 2. The van der Waals surface area contributed by atoms with Gasteiger partial charge in [0, 0.05) is 23.8 Å². The SMILES string of the molecule is CN(C)[C@H]1C[C@@]23CC[C@]4(O2)C2CC=C(c5ccc6[nH]nc(N)c6c5)[C@@]2(C)CCC4(F)CC3(F)[C@@H](O)[C@@H]1O. The molecule has 9 heteroatoms. The minimum absolute atomic E-state index is 0.148. The molecule has 3 unspecified atom stereocenters. The van der Waals surface area contributed by atoms with E-state index >= 15 is 8.78 Å². The fraction of sp³-hybridized carbons (Fsp3) is 0.679. The van der Waals surface area contributed by atoms with Gasteiger partial charge in [0.05, 0.1) is 11.6 Å². The third-order valence-electron chi connectivity index (χ3n) is 11.2. The molecule has 5 N–H and O–H groups in total. The first-order valence-corrected chi connectivity index (χ1v) is 13.5. The summed E-state index contributed by atoms with van der Waals surface area (Å²) in [6, 6.07) is 5.61. The zero-order valence-corrected chi connectivity index (χ0v) is 21.6. The van der Waals surface area contributed by atoms with E-state index in [9.17, 15) is 10.2 Å². The second-order valence-electron chi connectivity index (χ2n) is 12.9. The molecule has 5 aliphatic rings. The van der Waals surface area contributed by atoms with Crippen LogP contribution >= 0.6 is 0 Å².